The zero-order valence-electron chi connectivity index (χ0n) is 30.4. The predicted octanol–water partition coefficient (Wildman–Crippen LogP) is 4.06. The van der Waals surface area contributed by atoms with Gasteiger partial charge in [0, 0.05) is 45.1 Å². The van der Waals surface area contributed by atoms with Crippen LogP contribution in [0.4, 0.5) is 0 Å². The summed E-state index contributed by atoms with van der Waals surface area (Å²) in [7, 11) is 0. The molecule has 0 aromatic carbocycles. The molecule has 0 amide bonds. The first-order valence-corrected chi connectivity index (χ1v) is 20.1. The highest BCUT2D eigenvalue weighted by molar-refractivity contribution is 5.79. The number of carbonyl (C=O) groups is 1. The third-order valence-corrected chi connectivity index (χ3v) is 14.2. The van der Waals surface area contributed by atoms with Crippen LogP contribution < -0.4 is 5.73 Å². The van der Waals surface area contributed by atoms with Crippen LogP contribution in [0, 0.1) is 17.8 Å². The van der Waals surface area contributed by atoms with Crippen LogP contribution >= 0.6 is 0 Å². The number of Topliss-reactive ketones (excluding diaryl/α,β-unsaturated/α-hetero) is 1. The normalized spacial score (nSPS) is 53.2. The van der Waals surface area contributed by atoms with Crippen molar-refractivity contribution in [2.75, 3.05) is 6.54 Å². The Morgan fingerprint density at radius 3 is 2.35 bits per heavy atom. The van der Waals surface area contributed by atoms with Crippen molar-refractivity contribution in [1.29, 1.82) is 0 Å². The molecule has 10 heterocycles. The van der Waals surface area contributed by atoms with Crippen molar-refractivity contribution in [1.82, 2.24) is 0 Å². The second-order valence-electron chi connectivity index (χ2n) is 17.6. The SMILES string of the molecule is C=C1CC2CC[C@@]34C[C@@H]5O[C@H]6[C@@H](O3)C3OC(CCC3O[C@H]6C5O4)CC(=O)C[C@@H]3[C@@H](C)[C@@H](C[C@H](O)CN)O[C@H]3CC3O[C@@H](CCC1O2)C[C@@H](C)C3=C. The first-order valence-electron chi connectivity index (χ1n) is 20.1. The zero-order valence-corrected chi connectivity index (χ0v) is 30.4. The van der Waals surface area contributed by atoms with E-state index >= 15 is 0 Å². The molecule has 10 rings (SSSR count). The number of aliphatic hydroxyl groups excluding tert-OH is 1. The van der Waals surface area contributed by atoms with E-state index in [1.807, 2.05) is 0 Å². The molecule has 0 aliphatic carbocycles. The Hall–Kier alpha value is -1.25. The molecule has 51 heavy (non-hydrogen) atoms. The van der Waals surface area contributed by atoms with Crippen molar-refractivity contribution in [3.05, 3.63) is 24.3 Å². The van der Waals surface area contributed by atoms with Gasteiger partial charge in [0.15, 0.2) is 5.79 Å². The van der Waals surface area contributed by atoms with Crippen molar-refractivity contribution in [3.8, 4) is 0 Å². The third-order valence-electron chi connectivity index (χ3n) is 14.2. The molecule has 0 radical (unpaired) electrons. The lowest BCUT2D eigenvalue weighted by Crippen LogP contribution is -2.61. The Labute approximate surface area is 302 Å². The van der Waals surface area contributed by atoms with Gasteiger partial charge in [0.25, 0.3) is 0 Å². The topological polar surface area (TPSA) is 137 Å². The number of hydrogen-bond acceptors (Lipinski definition) is 11. The molecular weight excluding hydrogens is 654 g/mol. The van der Waals surface area contributed by atoms with Gasteiger partial charge in [-0.05, 0) is 73.8 Å². The quantitative estimate of drug-likeness (QED) is 0.410. The molecule has 11 heteroatoms. The van der Waals surface area contributed by atoms with Crippen LogP contribution in [0.1, 0.15) is 97.3 Å². The van der Waals surface area contributed by atoms with Gasteiger partial charge in [0.1, 0.15) is 36.3 Å². The van der Waals surface area contributed by atoms with Crippen LogP contribution in [0.3, 0.4) is 0 Å². The van der Waals surface area contributed by atoms with Crippen LogP contribution in [-0.2, 0) is 42.7 Å². The van der Waals surface area contributed by atoms with E-state index < -0.39 is 11.9 Å². The maximum absolute atomic E-state index is 14.0. The first kappa shape index (κ1) is 35.5. The van der Waals surface area contributed by atoms with Crippen LogP contribution in [0.25, 0.3) is 0 Å². The average Bonchev–Trinajstić information content (AvgIpc) is 3.77. The Morgan fingerprint density at radius 1 is 0.765 bits per heavy atom. The molecule has 10 saturated heterocycles. The molecule has 10 fully saturated rings. The summed E-state index contributed by atoms with van der Waals surface area (Å²) < 4.78 is 54.0. The number of nitrogens with two attached hydrogens (primary N) is 1. The molecule has 19 atom stereocenters. The van der Waals surface area contributed by atoms with Gasteiger partial charge >= 0.3 is 0 Å². The number of rotatable bonds is 3. The summed E-state index contributed by atoms with van der Waals surface area (Å²) in [5, 5.41) is 10.5. The maximum Gasteiger partial charge on any atom is 0.172 e. The van der Waals surface area contributed by atoms with E-state index in [0.29, 0.717) is 44.4 Å². The Morgan fingerprint density at radius 2 is 1.51 bits per heavy atom. The predicted molar refractivity (Wildman–Crippen MR) is 185 cm³/mol. The highest BCUT2D eigenvalue weighted by atomic mass is 16.8. The molecule has 11 nitrogen and oxygen atoms in total. The number of carbonyl (C=O) groups excluding carboxylic acids is 1. The summed E-state index contributed by atoms with van der Waals surface area (Å²) in [5.41, 5.74) is 8.06. The minimum absolute atomic E-state index is 0.00127. The van der Waals surface area contributed by atoms with E-state index in [1.54, 1.807) is 0 Å². The third kappa shape index (κ3) is 6.53. The van der Waals surface area contributed by atoms with Gasteiger partial charge in [-0.3, -0.25) is 4.79 Å². The van der Waals surface area contributed by atoms with Crippen LogP contribution in [0.15, 0.2) is 24.3 Å². The van der Waals surface area contributed by atoms with Gasteiger partial charge in [-0.25, -0.2) is 0 Å². The van der Waals surface area contributed by atoms with E-state index in [-0.39, 0.29) is 110 Å². The second kappa shape index (κ2) is 13.8. The standard InChI is InChI=1S/C40H59NO10/c1-19-11-25-5-7-29-20(2)12-27(44-29)9-10-40-17-34-36(50-40)37-38(49-34)39(51-40)35-30(48-37)8-6-26(46-35)13-23(42)14-28-22(4)31(15-24(43)18-41)47-33(28)16-32(45-25)21(19)3/h19,22,24-39,43H,2-3,5-18,41H2,1,4H3/t19-,22-,24+,25+,26?,27?,28-,29?,30?,31-,32?,33+,34+,35?,36?,37+,38-,39+,40+/m1/s1. The molecule has 12 bridgehead atoms. The minimum atomic E-state index is -0.765. The molecule has 0 aromatic rings. The summed E-state index contributed by atoms with van der Waals surface area (Å²) in [6.07, 6.45) is 6.43. The largest absolute Gasteiger partial charge is 0.392 e. The summed E-state index contributed by atoms with van der Waals surface area (Å²) in [5.74, 6) is -0.222. The summed E-state index contributed by atoms with van der Waals surface area (Å²) >= 11 is 0. The van der Waals surface area contributed by atoms with Gasteiger partial charge in [0.2, 0.25) is 0 Å². The maximum atomic E-state index is 14.0. The lowest BCUT2D eigenvalue weighted by atomic mass is 9.78. The monoisotopic (exact) mass is 713 g/mol. The van der Waals surface area contributed by atoms with Crippen molar-refractivity contribution in [2.24, 2.45) is 23.5 Å². The summed E-state index contributed by atoms with van der Waals surface area (Å²) in [6.45, 7) is 13.5. The zero-order chi connectivity index (χ0) is 35.2. The van der Waals surface area contributed by atoms with Gasteiger partial charge in [0.05, 0.1) is 61.0 Å². The molecule has 0 saturated carbocycles. The number of hydrogen-bond donors (Lipinski definition) is 2. The van der Waals surface area contributed by atoms with Crippen LogP contribution in [0.2, 0.25) is 0 Å². The molecule has 10 aliphatic heterocycles. The highest BCUT2D eigenvalue weighted by Crippen LogP contribution is 2.54. The van der Waals surface area contributed by atoms with Crippen LogP contribution in [0.5, 0.6) is 0 Å². The lowest BCUT2D eigenvalue weighted by Gasteiger charge is -2.47. The number of aliphatic hydroxyl groups is 1. The fourth-order valence-corrected chi connectivity index (χ4v) is 11.3. The molecule has 284 valence electrons. The highest BCUT2D eigenvalue weighted by Gasteiger charge is 2.68. The fraction of sp³-hybridized carbons (Fsp3) is 0.875. The molecule has 0 aromatic heterocycles. The Balaban J connectivity index is 0.986. The summed E-state index contributed by atoms with van der Waals surface area (Å²) in [6, 6.07) is 0. The lowest BCUT2D eigenvalue weighted by molar-refractivity contribution is -0.292. The van der Waals surface area contributed by atoms with Crippen molar-refractivity contribution >= 4 is 5.78 Å². The number of ether oxygens (including phenoxy) is 8. The molecule has 3 N–H and O–H groups in total. The fourth-order valence-electron chi connectivity index (χ4n) is 11.3. The Kier molecular flexibility index (Phi) is 9.59. The molecule has 7 unspecified atom stereocenters. The van der Waals surface area contributed by atoms with Gasteiger partial charge in [-0.1, -0.05) is 27.0 Å². The van der Waals surface area contributed by atoms with Crippen LogP contribution in [-0.4, -0.2) is 115 Å². The van der Waals surface area contributed by atoms with E-state index in [4.69, 9.17) is 43.6 Å². The van der Waals surface area contributed by atoms with E-state index in [9.17, 15) is 9.90 Å². The Bertz CT molecular complexity index is 1360. The molecule has 1 spiro atoms. The summed E-state index contributed by atoms with van der Waals surface area (Å²) in [4.78, 5) is 14.0. The van der Waals surface area contributed by atoms with Gasteiger partial charge < -0.3 is 48.7 Å². The average molecular weight is 714 g/mol. The van der Waals surface area contributed by atoms with E-state index in [1.165, 1.54) is 0 Å². The number of fused-ring (bicyclic) bond motifs is 6. The van der Waals surface area contributed by atoms with Gasteiger partial charge in [-0.2, -0.15) is 0 Å². The van der Waals surface area contributed by atoms with Crippen molar-refractivity contribution in [3.63, 3.8) is 0 Å². The van der Waals surface area contributed by atoms with Crippen molar-refractivity contribution < 1.29 is 47.8 Å². The smallest absolute Gasteiger partial charge is 0.172 e. The molecular formula is C40H59NO10. The first-order chi connectivity index (χ1) is 24.6. The van der Waals surface area contributed by atoms with Crippen molar-refractivity contribution in [2.45, 2.75) is 195 Å². The second-order valence-corrected chi connectivity index (χ2v) is 17.6. The minimum Gasteiger partial charge on any atom is -0.392 e. The van der Waals surface area contributed by atoms with E-state index in [0.717, 1.165) is 56.1 Å². The van der Waals surface area contributed by atoms with Gasteiger partial charge in [-0.15, -0.1) is 0 Å². The number of ketones is 1. The van der Waals surface area contributed by atoms with E-state index in [2.05, 4.69) is 27.0 Å². The molecule has 10 aliphatic rings.